The average Bonchev–Trinajstić information content (AvgIpc) is 3.59. The molecule has 0 unspecified atom stereocenters. The number of H-pyrrole nitrogens is 2. The van der Waals surface area contributed by atoms with Gasteiger partial charge in [-0.05, 0) is 53.8 Å². The summed E-state index contributed by atoms with van der Waals surface area (Å²) >= 11 is 0. The van der Waals surface area contributed by atoms with Crippen LogP contribution in [0, 0.1) is 11.7 Å². The first kappa shape index (κ1) is 29.1. The number of nitrogens with zero attached hydrogens (tertiary/aromatic N) is 4. The highest BCUT2D eigenvalue weighted by Gasteiger charge is 2.17. The summed E-state index contributed by atoms with van der Waals surface area (Å²) in [6.07, 6.45) is 10.1. The molecule has 5 heterocycles. The van der Waals surface area contributed by atoms with Gasteiger partial charge in [-0.25, -0.2) is 12.8 Å². The normalized spacial score (nSPS) is 11.9. The molecule has 6 rings (SSSR count). The van der Waals surface area contributed by atoms with Gasteiger partial charge in [0.1, 0.15) is 21.3 Å². The van der Waals surface area contributed by atoms with Crippen molar-refractivity contribution in [1.82, 2.24) is 30.1 Å². The van der Waals surface area contributed by atoms with Gasteiger partial charge >= 0.3 is 0 Å². The molecule has 0 aliphatic carbocycles. The number of halogens is 1. The van der Waals surface area contributed by atoms with E-state index in [2.05, 4.69) is 35.5 Å². The van der Waals surface area contributed by atoms with E-state index in [0.717, 1.165) is 33.1 Å². The lowest BCUT2D eigenvalue weighted by Gasteiger charge is -2.08. The van der Waals surface area contributed by atoms with Crippen LogP contribution in [0.5, 0.6) is 0 Å². The third-order valence-corrected chi connectivity index (χ3v) is 8.14. The molecule has 12 heteroatoms. The summed E-state index contributed by atoms with van der Waals surface area (Å²) in [5.41, 5.74) is 6.74. The van der Waals surface area contributed by atoms with Crippen LogP contribution in [0.1, 0.15) is 25.8 Å². The van der Waals surface area contributed by atoms with E-state index in [-0.39, 0.29) is 24.0 Å². The molecule has 0 saturated heterocycles. The van der Waals surface area contributed by atoms with Gasteiger partial charge < -0.3 is 10.3 Å². The number of carbonyl (C=O) groups excluding carboxylic acids is 1. The average molecular weight is 612 g/mol. The van der Waals surface area contributed by atoms with Crippen molar-refractivity contribution >= 4 is 43.2 Å². The summed E-state index contributed by atoms with van der Waals surface area (Å²) in [4.78, 5) is 28.9. The Kier molecular flexibility index (Phi) is 7.68. The number of hydrogen-bond donors (Lipinski definition) is 3. The lowest BCUT2D eigenvalue weighted by molar-refractivity contribution is -0.116. The Balaban J connectivity index is 1.36. The van der Waals surface area contributed by atoms with Gasteiger partial charge in [0, 0.05) is 47.0 Å². The Morgan fingerprint density at radius 1 is 0.932 bits per heavy atom. The molecule has 1 aromatic carbocycles. The smallest absolute Gasteiger partial charge is 0.224 e. The highest BCUT2D eigenvalue weighted by atomic mass is 32.2. The van der Waals surface area contributed by atoms with E-state index in [4.69, 9.17) is 0 Å². The lowest BCUT2D eigenvalue weighted by atomic mass is 10.0. The Morgan fingerprint density at radius 2 is 1.75 bits per heavy atom. The fraction of sp³-hybridized carbons (Fsp3) is 0.219. The number of fused-ring (bicyclic) bond motifs is 2. The van der Waals surface area contributed by atoms with Gasteiger partial charge in [-0.2, -0.15) is 5.10 Å². The first-order valence-corrected chi connectivity index (χ1v) is 16.1. The van der Waals surface area contributed by atoms with Crippen LogP contribution >= 0.6 is 0 Å². The van der Waals surface area contributed by atoms with E-state index in [0.29, 0.717) is 40.2 Å². The lowest BCUT2D eigenvalue weighted by Crippen LogP contribution is -2.13. The number of amides is 1. The number of benzene rings is 1. The molecule has 0 aliphatic heterocycles. The van der Waals surface area contributed by atoms with E-state index in [9.17, 15) is 17.6 Å². The van der Waals surface area contributed by atoms with Gasteiger partial charge in [-0.3, -0.25) is 24.8 Å². The molecule has 0 aliphatic rings. The third kappa shape index (κ3) is 6.35. The zero-order valence-electron chi connectivity index (χ0n) is 24.3. The van der Waals surface area contributed by atoms with Gasteiger partial charge in [-0.15, -0.1) is 0 Å². The van der Waals surface area contributed by atoms with E-state index >= 15 is 0 Å². The predicted octanol–water partition coefficient (Wildman–Crippen LogP) is 5.94. The molecule has 5 aromatic heterocycles. The summed E-state index contributed by atoms with van der Waals surface area (Å²) in [6.45, 7) is 3.98. The summed E-state index contributed by atoms with van der Waals surface area (Å²) < 4.78 is 38.0. The molecule has 3 N–H and O–H groups in total. The maximum absolute atomic E-state index is 14.6. The van der Waals surface area contributed by atoms with E-state index in [1.807, 2.05) is 32.0 Å². The summed E-state index contributed by atoms with van der Waals surface area (Å²) in [5.74, 6) is -0.349. The van der Waals surface area contributed by atoms with Crippen LogP contribution in [-0.4, -0.2) is 56.5 Å². The molecule has 224 valence electrons. The van der Waals surface area contributed by atoms with Crippen molar-refractivity contribution in [2.45, 2.75) is 26.7 Å². The van der Waals surface area contributed by atoms with Crippen LogP contribution < -0.4 is 5.32 Å². The summed E-state index contributed by atoms with van der Waals surface area (Å²) in [5, 5.41) is 12.1. The Labute approximate surface area is 253 Å². The summed E-state index contributed by atoms with van der Waals surface area (Å²) in [6, 6.07) is 10.3. The molecule has 44 heavy (non-hydrogen) atoms. The zero-order valence-corrected chi connectivity index (χ0v) is 25.2. The molecule has 0 saturated carbocycles. The minimum absolute atomic E-state index is 0.0666. The number of sulfone groups is 1. The molecule has 0 bridgehead atoms. The van der Waals surface area contributed by atoms with Gasteiger partial charge in [0.15, 0.2) is 0 Å². The number of aryl methyl sites for hydroxylation is 1. The number of anilines is 1. The van der Waals surface area contributed by atoms with Gasteiger partial charge in [0.25, 0.3) is 0 Å². The first-order valence-electron chi connectivity index (χ1n) is 14.1. The molecule has 0 atom stereocenters. The number of pyridine rings is 3. The van der Waals surface area contributed by atoms with E-state index < -0.39 is 15.7 Å². The highest BCUT2D eigenvalue weighted by Crippen LogP contribution is 2.35. The number of hydrogen-bond acceptors (Lipinski definition) is 7. The molecule has 0 fully saturated rings. The van der Waals surface area contributed by atoms with Crippen molar-refractivity contribution in [2.24, 2.45) is 5.92 Å². The molecular formula is C32H30FN7O3S. The third-order valence-electron chi connectivity index (χ3n) is 7.19. The Hall–Kier alpha value is -4.97. The largest absolute Gasteiger partial charge is 0.352 e. The fourth-order valence-corrected chi connectivity index (χ4v) is 5.78. The number of aromatic nitrogens is 6. The van der Waals surface area contributed by atoms with E-state index in [1.165, 1.54) is 18.4 Å². The fourth-order valence-electron chi connectivity index (χ4n) is 5.17. The Bertz CT molecular complexity index is 2140. The van der Waals surface area contributed by atoms with Gasteiger partial charge in [-0.1, -0.05) is 19.9 Å². The van der Waals surface area contributed by atoms with Crippen LogP contribution in [-0.2, 0) is 21.1 Å². The van der Waals surface area contributed by atoms with Crippen molar-refractivity contribution in [3.8, 4) is 33.8 Å². The predicted molar refractivity (Wildman–Crippen MR) is 169 cm³/mol. The maximum Gasteiger partial charge on any atom is 0.224 e. The summed E-state index contributed by atoms with van der Waals surface area (Å²) in [7, 11) is -3.19. The van der Waals surface area contributed by atoms with Crippen LogP contribution in [0.2, 0.25) is 0 Å². The van der Waals surface area contributed by atoms with Crippen LogP contribution in [0.3, 0.4) is 0 Å². The molecule has 6 aromatic rings. The molecular weight excluding hydrogens is 581 g/mol. The zero-order chi connectivity index (χ0) is 31.0. The monoisotopic (exact) mass is 611 g/mol. The second-order valence-electron chi connectivity index (χ2n) is 11.4. The maximum atomic E-state index is 14.6. The quantitative estimate of drug-likeness (QED) is 0.183. The molecule has 0 radical (unpaired) electrons. The standard InChI is InChI=1S/C32H30FN7O3S/c1-18(2)6-31(41)37-23-10-21(13-34-14-23)27-12-25-30(17-36-27)39-40-32(25)28-11-24-26(15-35-16-29(24)38-28)20-7-19(8-22(33)9-20)4-5-44(3,42)43/h7-18,38H,4-6H2,1-3H3,(H,37,41)(H,39,40). The number of nitrogens with one attached hydrogen (secondary N) is 3. The van der Waals surface area contributed by atoms with Crippen molar-refractivity contribution in [2.75, 3.05) is 17.3 Å². The minimum Gasteiger partial charge on any atom is -0.352 e. The molecule has 10 nitrogen and oxygen atoms in total. The van der Waals surface area contributed by atoms with Crippen molar-refractivity contribution < 1.29 is 17.6 Å². The van der Waals surface area contributed by atoms with Crippen LogP contribution in [0.25, 0.3) is 55.6 Å². The molecule has 0 spiro atoms. The topological polar surface area (TPSA) is 146 Å². The number of aromatic amines is 2. The first-order chi connectivity index (χ1) is 21.0. The van der Waals surface area contributed by atoms with Gasteiger partial charge in [0.2, 0.25) is 5.91 Å². The minimum atomic E-state index is -3.19. The number of rotatable bonds is 9. The van der Waals surface area contributed by atoms with Crippen LogP contribution in [0.15, 0.2) is 67.4 Å². The second-order valence-corrected chi connectivity index (χ2v) is 13.6. The SMILES string of the molecule is CC(C)CC(=O)Nc1cncc(-c2cc3c(-c4cc5c(-c6cc(F)cc(CCS(C)(=O)=O)c6)cncc5[nH]4)n[nH]c3cn2)c1. The van der Waals surface area contributed by atoms with Gasteiger partial charge in [0.05, 0.1) is 52.5 Å². The molecule has 1 amide bonds. The second kappa shape index (κ2) is 11.6. The van der Waals surface area contributed by atoms with E-state index in [1.54, 1.807) is 37.1 Å². The van der Waals surface area contributed by atoms with Crippen molar-refractivity contribution in [1.29, 1.82) is 0 Å². The number of carbonyl (C=O) groups is 1. The Morgan fingerprint density at radius 3 is 2.55 bits per heavy atom. The van der Waals surface area contributed by atoms with Crippen molar-refractivity contribution in [3.05, 3.63) is 78.8 Å². The van der Waals surface area contributed by atoms with Crippen molar-refractivity contribution in [3.63, 3.8) is 0 Å². The highest BCUT2D eigenvalue weighted by molar-refractivity contribution is 7.90. The van der Waals surface area contributed by atoms with Crippen LogP contribution in [0.4, 0.5) is 10.1 Å².